The van der Waals surface area contributed by atoms with E-state index in [0.717, 1.165) is 36.4 Å². The third kappa shape index (κ3) is 7.07. The molecule has 0 spiro atoms. The van der Waals surface area contributed by atoms with Crippen molar-refractivity contribution in [2.45, 2.75) is 24.9 Å². The van der Waals surface area contributed by atoms with Gasteiger partial charge in [0, 0.05) is 11.5 Å². The summed E-state index contributed by atoms with van der Waals surface area (Å²) in [6.45, 7) is 1.75. The molecule has 0 saturated carbocycles. The van der Waals surface area contributed by atoms with Gasteiger partial charge < -0.3 is 10.2 Å². The Morgan fingerprint density at radius 2 is 1.76 bits per heavy atom. The molecule has 0 unspecified atom stereocenters. The lowest BCUT2D eigenvalue weighted by molar-refractivity contribution is -0.136. The molecule has 2 atom stereocenters. The van der Waals surface area contributed by atoms with Crippen LogP contribution in [0.2, 0.25) is 0 Å². The second-order valence-electron chi connectivity index (χ2n) is 9.11. The maximum absolute atomic E-state index is 14.5. The fraction of sp³-hybridized carbons (Fsp3) is 0.214. The number of carboxylic acid groups (broad SMARTS) is 1. The number of halogens is 3. The van der Waals surface area contributed by atoms with Crippen LogP contribution in [-0.2, 0) is 16.8 Å². The van der Waals surface area contributed by atoms with Crippen LogP contribution in [0.1, 0.15) is 29.7 Å². The number of β-amino-alcohol motifs (C(OH)–C–C–N with tert-alkyl or cyclic N) is 1. The van der Waals surface area contributed by atoms with Crippen LogP contribution in [0.4, 0.5) is 13.2 Å². The van der Waals surface area contributed by atoms with Crippen molar-refractivity contribution >= 4 is 12.3 Å². The van der Waals surface area contributed by atoms with E-state index in [0.29, 0.717) is 6.67 Å². The van der Waals surface area contributed by atoms with Gasteiger partial charge in [-0.1, -0.05) is 43.3 Å². The number of aliphatic imine (C=N–C) groups is 1. The molecular formula is C28H26F3N7O3. The summed E-state index contributed by atoms with van der Waals surface area (Å²) in [5.74, 6) is -3.89. The average molecular weight is 566 g/mol. The molecule has 4 aromatic rings. The molecule has 1 aliphatic rings. The number of hydrogen-bond donors (Lipinski definition) is 3. The molecule has 0 aliphatic carbocycles. The molecule has 0 radical (unpaired) electrons. The Balaban J connectivity index is 0.000000328. The number of nitrogens with one attached hydrogen (secondary N) is 1. The SMILES string of the molecule is C[C@@H](c1ncncc1F)[C@](O)(CN1C=NCN1)c1ccc(F)cc1-c1ncncc1F.O=C(O)Cc1ccccc1. The van der Waals surface area contributed by atoms with E-state index in [1.165, 1.54) is 23.7 Å². The zero-order valence-corrected chi connectivity index (χ0v) is 21.8. The number of nitrogens with zero attached hydrogens (tertiary/aromatic N) is 6. The van der Waals surface area contributed by atoms with E-state index in [9.17, 15) is 23.1 Å². The number of aliphatic carboxylic acids is 1. The van der Waals surface area contributed by atoms with Crippen LogP contribution in [0.3, 0.4) is 0 Å². The zero-order valence-electron chi connectivity index (χ0n) is 21.8. The molecule has 2 aromatic heterocycles. The molecule has 212 valence electrons. The minimum absolute atomic E-state index is 0.0138. The maximum Gasteiger partial charge on any atom is 0.307 e. The molecule has 41 heavy (non-hydrogen) atoms. The summed E-state index contributed by atoms with van der Waals surface area (Å²) in [6, 6.07) is 12.7. The van der Waals surface area contributed by atoms with E-state index in [2.05, 4.69) is 30.4 Å². The van der Waals surface area contributed by atoms with Gasteiger partial charge in [-0.3, -0.25) is 14.8 Å². The summed E-state index contributed by atoms with van der Waals surface area (Å²) in [6.07, 6.45) is 5.81. The normalized spacial score (nSPS) is 14.6. The van der Waals surface area contributed by atoms with Gasteiger partial charge in [0.1, 0.15) is 42.8 Å². The molecule has 5 rings (SSSR count). The Kier molecular flexibility index (Phi) is 9.32. The Labute approximate surface area is 233 Å². The highest BCUT2D eigenvalue weighted by Gasteiger charge is 2.43. The van der Waals surface area contributed by atoms with Crippen molar-refractivity contribution < 1.29 is 28.2 Å². The summed E-state index contributed by atoms with van der Waals surface area (Å²) >= 11 is 0. The third-order valence-corrected chi connectivity index (χ3v) is 6.39. The van der Waals surface area contributed by atoms with E-state index in [-0.39, 0.29) is 35.5 Å². The standard InChI is InChI=1S/C20H18F3N7O.C8H8O2/c1-12(18-16(22)5-24-8-27-18)20(31,7-30-11-26-10-29-30)15-3-2-13(21)4-14(15)19-17(23)6-25-9-28-19;9-8(10)6-7-4-2-1-3-5-7/h2-6,8-9,11-12,29,31H,7,10H2,1H3;1-5H,6H2,(H,9,10)/t12-,20+;/m0./s1. The average Bonchev–Trinajstić information content (AvgIpc) is 3.46. The summed E-state index contributed by atoms with van der Waals surface area (Å²) in [4.78, 5) is 29.4. The molecular weight excluding hydrogens is 539 g/mol. The number of aliphatic hydroxyl groups is 1. The lowest BCUT2D eigenvalue weighted by atomic mass is 9.77. The molecule has 1 aliphatic heterocycles. The van der Waals surface area contributed by atoms with Gasteiger partial charge in [-0.25, -0.2) is 38.5 Å². The molecule has 3 N–H and O–H groups in total. The lowest BCUT2D eigenvalue weighted by Gasteiger charge is -2.38. The zero-order chi connectivity index (χ0) is 29.4. The van der Waals surface area contributed by atoms with E-state index < -0.39 is 34.9 Å². The molecule has 0 bridgehead atoms. The molecule has 0 amide bonds. The Bertz CT molecular complexity index is 1530. The van der Waals surface area contributed by atoms with E-state index in [1.54, 1.807) is 19.1 Å². The van der Waals surface area contributed by atoms with Crippen LogP contribution in [-0.4, -0.2) is 60.7 Å². The molecule has 3 heterocycles. The van der Waals surface area contributed by atoms with Crippen LogP contribution in [0, 0.1) is 17.5 Å². The van der Waals surface area contributed by atoms with Crippen molar-refractivity contribution in [1.29, 1.82) is 0 Å². The number of carbonyl (C=O) groups is 1. The van der Waals surface area contributed by atoms with E-state index >= 15 is 0 Å². The van der Waals surface area contributed by atoms with Crippen LogP contribution < -0.4 is 5.43 Å². The first-order valence-electron chi connectivity index (χ1n) is 12.4. The predicted molar refractivity (Wildman–Crippen MR) is 143 cm³/mol. The first-order chi connectivity index (χ1) is 19.7. The van der Waals surface area contributed by atoms with Gasteiger partial charge in [0.25, 0.3) is 0 Å². The van der Waals surface area contributed by atoms with Gasteiger partial charge in [0.05, 0.1) is 31.1 Å². The van der Waals surface area contributed by atoms with Crippen molar-refractivity contribution in [3.8, 4) is 11.3 Å². The van der Waals surface area contributed by atoms with Gasteiger partial charge in [0.2, 0.25) is 0 Å². The van der Waals surface area contributed by atoms with Crippen molar-refractivity contribution in [1.82, 2.24) is 30.4 Å². The first kappa shape index (κ1) is 29.2. The van der Waals surface area contributed by atoms with Crippen molar-refractivity contribution in [3.63, 3.8) is 0 Å². The fourth-order valence-electron chi connectivity index (χ4n) is 4.36. The second kappa shape index (κ2) is 13.1. The monoisotopic (exact) mass is 565 g/mol. The highest BCUT2D eigenvalue weighted by molar-refractivity contribution is 5.70. The largest absolute Gasteiger partial charge is 0.481 e. The van der Waals surface area contributed by atoms with Crippen LogP contribution >= 0.6 is 0 Å². The van der Waals surface area contributed by atoms with Crippen LogP contribution in [0.15, 0.2) is 78.6 Å². The number of benzene rings is 2. The number of rotatable bonds is 8. The minimum Gasteiger partial charge on any atom is -0.481 e. The molecule has 0 fully saturated rings. The van der Waals surface area contributed by atoms with Crippen molar-refractivity contribution in [3.05, 3.63) is 108 Å². The fourth-order valence-corrected chi connectivity index (χ4v) is 4.36. The Hall–Kier alpha value is -4.75. The predicted octanol–water partition coefficient (Wildman–Crippen LogP) is 3.46. The van der Waals surface area contributed by atoms with E-state index in [4.69, 9.17) is 5.11 Å². The molecule has 10 nitrogen and oxygen atoms in total. The highest BCUT2D eigenvalue weighted by atomic mass is 19.1. The molecule has 13 heteroatoms. The molecule has 2 aromatic carbocycles. The van der Waals surface area contributed by atoms with Crippen molar-refractivity contribution in [2.75, 3.05) is 13.2 Å². The van der Waals surface area contributed by atoms with Crippen LogP contribution in [0.5, 0.6) is 0 Å². The van der Waals surface area contributed by atoms with Gasteiger partial charge in [-0.15, -0.1) is 0 Å². The summed E-state index contributed by atoms with van der Waals surface area (Å²) in [5.41, 5.74) is 1.83. The minimum atomic E-state index is -1.86. The summed E-state index contributed by atoms with van der Waals surface area (Å²) < 4.78 is 43.2. The molecule has 0 saturated heterocycles. The topological polar surface area (TPSA) is 137 Å². The summed E-state index contributed by atoms with van der Waals surface area (Å²) in [7, 11) is 0. The smallest absolute Gasteiger partial charge is 0.307 e. The second-order valence-corrected chi connectivity index (χ2v) is 9.11. The van der Waals surface area contributed by atoms with Gasteiger partial charge in [-0.05, 0) is 23.3 Å². The maximum atomic E-state index is 14.5. The van der Waals surface area contributed by atoms with Crippen molar-refractivity contribution in [2.24, 2.45) is 4.99 Å². The quantitative estimate of drug-likeness (QED) is 0.293. The van der Waals surface area contributed by atoms with Gasteiger partial charge >= 0.3 is 5.97 Å². The summed E-state index contributed by atoms with van der Waals surface area (Å²) in [5, 5.41) is 21.8. The number of hydrogen-bond acceptors (Lipinski definition) is 9. The highest BCUT2D eigenvalue weighted by Crippen LogP contribution is 2.42. The van der Waals surface area contributed by atoms with Gasteiger partial charge in [0.15, 0.2) is 11.6 Å². The third-order valence-electron chi connectivity index (χ3n) is 6.39. The number of hydrazine groups is 1. The first-order valence-corrected chi connectivity index (χ1v) is 12.4. The number of aromatic nitrogens is 4. The Morgan fingerprint density at radius 1 is 1.05 bits per heavy atom. The number of carboxylic acids is 1. The lowest BCUT2D eigenvalue weighted by Crippen LogP contribution is -2.47. The Morgan fingerprint density at radius 3 is 2.39 bits per heavy atom. The van der Waals surface area contributed by atoms with Gasteiger partial charge in [-0.2, -0.15) is 0 Å². The van der Waals surface area contributed by atoms with Crippen LogP contribution in [0.25, 0.3) is 11.3 Å². The van der Waals surface area contributed by atoms with E-state index in [1.807, 2.05) is 18.2 Å².